The number of aliphatic hydroxyl groups excluding tert-OH is 2. The lowest BCUT2D eigenvalue weighted by atomic mass is 10.1. The molecule has 1 aliphatic heterocycles. The monoisotopic (exact) mass is 275 g/mol. The predicted molar refractivity (Wildman–Crippen MR) is 73.5 cm³/mol. The largest absolute Gasteiger partial charge is 0.463 e. The van der Waals surface area contributed by atoms with Crippen molar-refractivity contribution in [3.05, 3.63) is 35.6 Å². The highest BCUT2D eigenvalue weighted by molar-refractivity contribution is 6.06. The summed E-state index contributed by atoms with van der Waals surface area (Å²) in [6, 6.07) is 5.79. The minimum atomic E-state index is -0.872. The van der Waals surface area contributed by atoms with Crippen molar-refractivity contribution < 1.29 is 19.4 Å². The van der Waals surface area contributed by atoms with Gasteiger partial charge in [-0.2, -0.15) is 0 Å². The van der Waals surface area contributed by atoms with Crippen molar-refractivity contribution in [1.29, 1.82) is 0 Å². The maximum Gasteiger partial charge on any atom is 0.257 e. The van der Waals surface area contributed by atoms with Gasteiger partial charge in [0, 0.05) is 18.5 Å². The van der Waals surface area contributed by atoms with Gasteiger partial charge >= 0.3 is 0 Å². The average Bonchev–Trinajstić information content (AvgIpc) is 3.01. The van der Waals surface area contributed by atoms with Crippen LogP contribution in [0.3, 0.4) is 0 Å². The second-order valence-corrected chi connectivity index (χ2v) is 5.18. The van der Waals surface area contributed by atoms with Crippen LogP contribution in [0, 0.1) is 0 Å². The van der Waals surface area contributed by atoms with E-state index in [2.05, 4.69) is 6.92 Å². The minimum Gasteiger partial charge on any atom is -0.463 e. The number of aliphatic hydroxyl groups is 2. The fraction of sp³-hybridized carbons (Fsp3) is 0.400. The number of nitrogens with zero attached hydrogens (tertiary/aromatic N) is 1. The number of likely N-dealkylation sites (tertiary alicyclic amines) is 1. The van der Waals surface area contributed by atoms with Gasteiger partial charge in [-0.15, -0.1) is 0 Å². The summed E-state index contributed by atoms with van der Waals surface area (Å²) in [6.07, 6.45) is 0.589. The first kappa shape index (κ1) is 13.1. The SMILES string of the molecule is CCc1ccc2occ(C(=O)N3C[C@@H](O)[C@@H](O)C3)c2c1. The van der Waals surface area contributed by atoms with Crippen LogP contribution in [0.25, 0.3) is 11.0 Å². The molecule has 1 aliphatic rings. The number of benzene rings is 1. The molecule has 5 heteroatoms. The van der Waals surface area contributed by atoms with Crippen LogP contribution < -0.4 is 0 Å². The molecule has 5 nitrogen and oxygen atoms in total. The summed E-state index contributed by atoms with van der Waals surface area (Å²) in [5.41, 5.74) is 2.29. The number of hydrogen-bond donors (Lipinski definition) is 2. The molecule has 2 heterocycles. The molecule has 1 aromatic carbocycles. The number of amides is 1. The maximum absolute atomic E-state index is 12.5. The molecule has 2 aromatic rings. The van der Waals surface area contributed by atoms with E-state index in [0.717, 1.165) is 17.4 Å². The Morgan fingerprint density at radius 2 is 2.05 bits per heavy atom. The van der Waals surface area contributed by atoms with Crippen LogP contribution in [-0.2, 0) is 6.42 Å². The van der Waals surface area contributed by atoms with E-state index in [1.54, 1.807) is 0 Å². The molecule has 2 atom stereocenters. The lowest BCUT2D eigenvalue weighted by Gasteiger charge is -2.14. The fourth-order valence-corrected chi connectivity index (χ4v) is 2.57. The summed E-state index contributed by atoms with van der Waals surface area (Å²) in [5, 5.41) is 19.9. The van der Waals surface area contributed by atoms with Gasteiger partial charge in [0.1, 0.15) is 11.8 Å². The van der Waals surface area contributed by atoms with Crippen molar-refractivity contribution >= 4 is 16.9 Å². The molecule has 0 radical (unpaired) electrons. The van der Waals surface area contributed by atoms with E-state index < -0.39 is 12.2 Å². The molecule has 0 bridgehead atoms. The van der Waals surface area contributed by atoms with Gasteiger partial charge in [-0.3, -0.25) is 4.79 Å². The molecule has 3 rings (SSSR count). The molecule has 106 valence electrons. The molecule has 20 heavy (non-hydrogen) atoms. The molecule has 0 unspecified atom stereocenters. The maximum atomic E-state index is 12.5. The Labute approximate surface area is 116 Å². The van der Waals surface area contributed by atoms with E-state index in [1.807, 2.05) is 18.2 Å². The molecule has 0 saturated carbocycles. The Kier molecular flexibility index (Phi) is 3.23. The van der Waals surface area contributed by atoms with E-state index in [9.17, 15) is 15.0 Å². The number of rotatable bonds is 2. The zero-order chi connectivity index (χ0) is 14.3. The third kappa shape index (κ3) is 2.09. The second kappa shape index (κ2) is 4.92. The van der Waals surface area contributed by atoms with Gasteiger partial charge in [-0.1, -0.05) is 13.0 Å². The van der Waals surface area contributed by atoms with Crippen LogP contribution >= 0.6 is 0 Å². The highest BCUT2D eigenvalue weighted by atomic mass is 16.3. The lowest BCUT2D eigenvalue weighted by molar-refractivity contribution is 0.0572. The number of aryl methyl sites for hydroxylation is 1. The smallest absolute Gasteiger partial charge is 0.257 e. The molecule has 1 saturated heterocycles. The molecular weight excluding hydrogens is 258 g/mol. The molecule has 1 amide bonds. The number of fused-ring (bicyclic) bond motifs is 1. The minimum absolute atomic E-state index is 0.153. The van der Waals surface area contributed by atoms with Crippen molar-refractivity contribution in [2.24, 2.45) is 0 Å². The first-order valence-corrected chi connectivity index (χ1v) is 6.75. The summed E-state index contributed by atoms with van der Waals surface area (Å²) >= 11 is 0. The summed E-state index contributed by atoms with van der Waals surface area (Å²) in [6.45, 7) is 2.36. The van der Waals surface area contributed by atoms with E-state index in [4.69, 9.17) is 4.42 Å². The number of β-amino-alcohol motifs (C(OH)–C–C–N with tert-alkyl or cyclic N) is 2. The predicted octanol–water partition coefficient (Wildman–Crippen LogP) is 1.17. The number of carbonyl (C=O) groups excluding carboxylic acids is 1. The second-order valence-electron chi connectivity index (χ2n) is 5.18. The topological polar surface area (TPSA) is 73.9 Å². The summed E-state index contributed by atoms with van der Waals surface area (Å²) < 4.78 is 5.41. The number of furan rings is 1. The van der Waals surface area contributed by atoms with Gasteiger partial charge < -0.3 is 19.5 Å². The molecule has 0 spiro atoms. The molecular formula is C15H17NO4. The van der Waals surface area contributed by atoms with E-state index in [1.165, 1.54) is 11.2 Å². The normalized spacial score (nSPS) is 22.6. The summed E-state index contributed by atoms with van der Waals surface area (Å²) in [5.74, 6) is -0.215. The van der Waals surface area contributed by atoms with Gasteiger partial charge in [-0.05, 0) is 24.1 Å². The summed E-state index contributed by atoms with van der Waals surface area (Å²) in [7, 11) is 0. The Hall–Kier alpha value is -1.85. The van der Waals surface area contributed by atoms with Gasteiger partial charge in [-0.25, -0.2) is 0 Å². The van der Waals surface area contributed by atoms with E-state index in [0.29, 0.717) is 11.1 Å². The van der Waals surface area contributed by atoms with Gasteiger partial charge in [0.25, 0.3) is 5.91 Å². The van der Waals surface area contributed by atoms with Crippen molar-refractivity contribution in [3.8, 4) is 0 Å². The third-order valence-electron chi connectivity index (χ3n) is 3.82. The van der Waals surface area contributed by atoms with Gasteiger partial charge in [0.15, 0.2) is 0 Å². The van der Waals surface area contributed by atoms with Crippen LogP contribution in [0.15, 0.2) is 28.9 Å². The van der Waals surface area contributed by atoms with Gasteiger partial charge in [0.05, 0.1) is 17.8 Å². The highest BCUT2D eigenvalue weighted by Crippen LogP contribution is 2.25. The standard InChI is InChI=1S/C15H17NO4/c1-2-9-3-4-14-10(5-9)11(8-20-14)15(19)16-6-12(17)13(18)7-16/h3-5,8,12-13,17-18H,2,6-7H2,1H3/t12-,13+. The van der Waals surface area contributed by atoms with Crippen LogP contribution in [-0.4, -0.2) is 46.3 Å². The van der Waals surface area contributed by atoms with Crippen molar-refractivity contribution in [2.75, 3.05) is 13.1 Å². The lowest BCUT2D eigenvalue weighted by Crippen LogP contribution is -2.29. The molecule has 2 N–H and O–H groups in total. The zero-order valence-electron chi connectivity index (χ0n) is 11.2. The van der Waals surface area contributed by atoms with Crippen LogP contribution in [0.5, 0.6) is 0 Å². The van der Waals surface area contributed by atoms with E-state index >= 15 is 0 Å². The quantitative estimate of drug-likeness (QED) is 0.863. The Balaban J connectivity index is 1.95. The van der Waals surface area contributed by atoms with E-state index in [-0.39, 0.29) is 19.0 Å². The average molecular weight is 275 g/mol. The number of carbonyl (C=O) groups is 1. The first-order chi connectivity index (χ1) is 9.60. The fourth-order valence-electron chi connectivity index (χ4n) is 2.57. The van der Waals surface area contributed by atoms with Crippen molar-refractivity contribution in [1.82, 2.24) is 4.90 Å². The Morgan fingerprint density at radius 3 is 2.70 bits per heavy atom. The summed E-state index contributed by atoms with van der Waals surface area (Å²) in [4.78, 5) is 13.9. The Morgan fingerprint density at radius 1 is 1.35 bits per heavy atom. The Bertz CT molecular complexity index is 638. The number of hydrogen-bond acceptors (Lipinski definition) is 4. The van der Waals surface area contributed by atoms with Crippen molar-refractivity contribution in [3.63, 3.8) is 0 Å². The molecule has 1 aromatic heterocycles. The molecule has 1 fully saturated rings. The van der Waals surface area contributed by atoms with Gasteiger partial charge in [0.2, 0.25) is 0 Å². The molecule has 0 aliphatic carbocycles. The first-order valence-electron chi connectivity index (χ1n) is 6.75. The third-order valence-corrected chi connectivity index (χ3v) is 3.82. The van der Waals surface area contributed by atoms with Crippen LogP contribution in [0.4, 0.5) is 0 Å². The van der Waals surface area contributed by atoms with Crippen LogP contribution in [0.2, 0.25) is 0 Å². The van der Waals surface area contributed by atoms with Crippen LogP contribution in [0.1, 0.15) is 22.8 Å². The van der Waals surface area contributed by atoms with Crippen molar-refractivity contribution in [2.45, 2.75) is 25.6 Å². The zero-order valence-corrected chi connectivity index (χ0v) is 11.2. The highest BCUT2D eigenvalue weighted by Gasteiger charge is 2.34.